The van der Waals surface area contributed by atoms with Gasteiger partial charge in [0, 0.05) is 107 Å². The fraction of sp³-hybridized carbons (Fsp3) is 0.535. The van der Waals surface area contributed by atoms with Gasteiger partial charge in [-0.15, -0.1) is 68.0 Å². The summed E-state index contributed by atoms with van der Waals surface area (Å²) in [5.41, 5.74) is 2.01. The van der Waals surface area contributed by atoms with Crippen LogP contribution in [0.25, 0.3) is 0 Å². The van der Waals surface area contributed by atoms with Crippen molar-refractivity contribution in [2.24, 2.45) is 47.3 Å². The van der Waals surface area contributed by atoms with Crippen LogP contribution in [-0.4, -0.2) is 146 Å². The maximum atomic E-state index is 13.7. The van der Waals surface area contributed by atoms with Crippen LogP contribution in [0.1, 0.15) is 237 Å². The number of methoxy groups -OCH3 is 5. The van der Waals surface area contributed by atoms with Crippen LogP contribution in [0.5, 0.6) is 0 Å². The Morgan fingerprint density at radius 3 is 1.16 bits per heavy atom. The van der Waals surface area contributed by atoms with Crippen LogP contribution in [-0.2, 0) is 47.5 Å². The summed E-state index contributed by atoms with van der Waals surface area (Å²) >= 11 is 19.9. The third-order valence-electron chi connectivity index (χ3n) is 18.5. The minimum absolute atomic E-state index is 0.0136. The molecule has 3 aliphatic heterocycles. The molecule has 0 radical (unpaired) electrons. The minimum atomic E-state index is -0.996. The van der Waals surface area contributed by atoms with Crippen molar-refractivity contribution in [2.45, 2.75) is 177 Å². The van der Waals surface area contributed by atoms with Gasteiger partial charge < -0.3 is 58.1 Å². The van der Waals surface area contributed by atoms with Gasteiger partial charge in [0.25, 0.3) is 0 Å². The van der Waals surface area contributed by atoms with Gasteiger partial charge in [0.2, 0.25) is 11.8 Å². The van der Waals surface area contributed by atoms with E-state index in [0.29, 0.717) is 96.8 Å². The Morgan fingerprint density at radius 1 is 0.440 bits per heavy atom. The Bertz CT molecular complexity index is 4510. The predicted octanol–water partition coefficient (Wildman–Crippen LogP) is 21.3. The fourth-order valence-corrected chi connectivity index (χ4v) is 21.0. The van der Waals surface area contributed by atoms with E-state index in [9.17, 15) is 43.5 Å². The van der Waals surface area contributed by atoms with Crippen molar-refractivity contribution in [3.63, 3.8) is 0 Å². The molecule has 0 spiro atoms. The van der Waals surface area contributed by atoms with Gasteiger partial charge in [0.05, 0.1) is 75.0 Å². The molecule has 2 aliphatic carbocycles. The number of rotatable bonds is 14. The van der Waals surface area contributed by atoms with E-state index >= 15 is 0 Å². The average Bonchev–Trinajstić information content (AvgIpc) is 1.61. The van der Waals surface area contributed by atoms with Crippen LogP contribution in [0.2, 0.25) is 0 Å². The summed E-state index contributed by atoms with van der Waals surface area (Å²) in [6.07, 6.45) is 12.8. The largest absolute Gasteiger partial charge is 0.477 e. The second-order valence-electron chi connectivity index (χ2n) is 29.1. The second kappa shape index (κ2) is 51.0. The number of anilines is 3. The zero-order valence-electron chi connectivity index (χ0n) is 68.4. The van der Waals surface area contributed by atoms with Crippen LogP contribution >= 0.6 is 138 Å². The number of nitrogens with one attached hydrogen (secondary N) is 1. The number of hydrogen-bond donors (Lipinski definition) is 2. The summed E-state index contributed by atoms with van der Waals surface area (Å²) in [4.78, 5) is 107. The van der Waals surface area contributed by atoms with E-state index in [2.05, 4.69) is 151 Å². The molecule has 6 aromatic heterocycles. The lowest BCUT2D eigenvalue weighted by Crippen LogP contribution is -2.47. The number of carboxylic acid groups (broad SMARTS) is 1. The molecule has 0 aromatic carbocycles. The standard InChI is InChI=1S/C24H33NO4S.C23H31NO4S.C16H21NO3S.C11H11BrO2S.C6H4BrIO2S.C6H5BrO2S/c1-16(2)5-10-20-15-21(22(30-20)24(27)28-4)25(19-11-13-29-14-12-19)23(26)18-8-6-17(3)7-9-18;1-15(2)4-9-19-14-20(21(29-19)23(26)27)24(18-10-12-28-13-11-18)22(25)17-7-5-16(3)6-8-17;1-11(2)4-5-13-10-14(15(21-13)16(18)19-3)17-12-6-8-20-9-7-12;1-7(2)4-5-8-6-9(12)10(15-8)11(13)14-3;1-10-6(9)5-3(7)2-4(8)11-5;1-9-6(8)5-4(7)2-3-10-5/h15-19H,6-9,11-14H2,1-4H3;14-18H,5-8,10-13H2,1-3H3,(H,26,27);10-12,17H,6-9H2,1-3H3;6-7H,1-3H3;2H,1H3;2-3H,1H3. The molecule has 116 heavy (non-hydrogen) atoms. The molecule has 0 unspecified atom stereocenters. The first-order valence-corrected chi connectivity index (χ1v) is 47.0. The third-order valence-corrected chi connectivity index (χ3v) is 28.1. The van der Waals surface area contributed by atoms with Crippen LogP contribution in [0.4, 0.5) is 17.1 Å². The fourth-order valence-electron chi connectivity index (χ4n) is 12.4. The predicted molar refractivity (Wildman–Crippen MR) is 485 cm³/mol. The van der Waals surface area contributed by atoms with E-state index in [1.807, 2.05) is 102 Å². The number of ether oxygens (including phenoxy) is 8. The molecule has 11 rings (SSSR count). The van der Waals surface area contributed by atoms with Crippen molar-refractivity contribution in [1.29, 1.82) is 0 Å². The summed E-state index contributed by atoms with van der Waals surface area (Å²) in [5, 5.41) is 15.1. The molecule has 2 amide bonds. The molecule has 3 saturated heterocycles. The topological polar surface area (TPSA) is 249 Å². The SMILES string of the molecule is CC(C)C#Cc1cc(N(C(=O)C2CCC(C)CC2)C2CCOCC2)c(C(=O)O)s1.COC(=O)c1sc(C#CC(C)C)cc1Br.COC(=O)c1sc(C#CC(C)C)cc1N(C(=O)C1CCC(C)CC1)C1CCOCC1.COC(=O)c1sc(C#CC(C)C)cc1NC1CCOCC1.COC(=O)c1sc(I)cc1Br.COC(=O)c1sccc1Br. The highest BCUT2D eigenvalue weighted by Crippen LogP contribution is 2.41. The maximum absolute atomic E-state index is 13.7. The van der Waals surface area contributed by atoms with Gasteiger partial charge >= 0.3 is 35.8 Å². The molecule has 20 nitrogen and oxygen atoms in total. The lowest BCUT2D eigenvalue weighted by atomic mass is 9.82. The van der Waals surface area contributed by atoms with Crippen molar-refractivity contribution in [3.05, 3.63) is 107 Å². The monoisotopic (exact) mass is 2010 g/mol. The number of halogens is 4. The van der Waals surface area contributed by atoms with E-state index in [1.54, 1.807) is 4.90 Å². The third kappa shape index (κ3) is 31.6. The van der Waals surface area contributed by atoms with Gasteiger partial charge in [-0.3, -0.25) is 9.59 Å². The van der Waals surface area contributed by atoms with E-state index in [0.717, 1.165) is 140 Å². The zero-order valence-corrected chi connectivity index (χ0v) is 80.2. The number of nitrogens with zero attached hydrogens (tertiary/aromatic N) is 2. The first-order chi connectivity index (χ1) is 55.3. The number of thiophene rings is 6. The molecule has 0 bridgehead atoms. The molecular weight excluding hydrogens is 1910 g/mol. The zero-order chi connectivity index (χ0) is 85.3. The molecule has 5 fully saturated rings. The minimum Gasteiger partial charge on any atom is -0.477 e. The Labute approximate surface area is 746 Å². The van der Waals surface area contributed by atoms with Crippen molar-refractivity contribution >= 4 is 203 Å². The highest BCUT2D eigenvalue weighted by Gasteiger charge is 2.39. The lowest BCUT2D eigenvalue weighted by molar-refractivity contribution is -0.125. The normalized spacial score (nSPS) is 17.2. The molecule has 6 aromatic rings. The average molecular weight is 2010 g/mol. The number of aromatic carboxylic acids is 1. The van der Waals surface area contributed by atoms with Crippen LogP contribution in [0.15, 0.2) is 55.2 Å². The van der Waals surface area contributed by atoms with Crippen molar-refractivity contribution in [2.75, 3.05) is 90.3 Å². The quantitative estimate of drug-likeness (QED) is 0.0445. The maximum Gasteiger partial charge on any atom is 0.350 e. The van der Waals surface area contributed by atoms with E-state index in [1.165, 1.54) is 104 Å². The van der Waals surface area contributed by atoms with Gasteiger partial charge in [-0.25, -0.2) is 28.8 Å². The first kappa shape index (κ1) is 98.9. The molecule has 0 atom stereocenters. The van der Waals surface area contributed by atoms with Gasteiger partial charge in [-0.2, -0.15) is 0 Å². The first-order valence-electron chi connectivity index (χ1n) is 38.6. The van der Waals surface area contributed by atoms with Gasteiger partial charge in [0.15, 0.2) is 0 Å². The van der Waals surface area contributed by atoms with Crippen molar-refractivity contribution in [1.82, 2.24) is 0 Å². The van der Waals surface area contributed by atoms with Gasteiger partial charge in [-0.05, 0) is 214 Å². The summed E-state index contributed by atoms with van der Waals surface area (Å²) < 4.78 is 43.5. The molecule has 2 N–H and O–H groups in total. The lowest BCUT2D eigenvalue weighted by Gasteiger charge is -2.37. The van der Waals surface area contributed by atoms with E-state index in [4.69, 9.17) is 23.7 Å². The summed E-state index contributed by atoms with van der Waals surface area (Å²) in [6.45, 7) is 24.7. The van der Waals surface area contributed by atoms with Gasteiger partial charge in [0.1, 0.15) is 29.3 Å². The molecular formula is C86H105Br3IN3O17S6. The number of amides is 2. The number of carboxylic acids is 1. The van der Waals surface area contributed by atoms with Crippen LogP contribution in [0.3, 0.4) is 0 Å². The Kier molecular flexibility index (Phi) is 43.4. The summed E-state index contributed by atoms with van der Waals surface area (Å²) in [5.74, 6) is 24.8. The second-order valence-corrected chi connectivity index (χ2v) is 39.8. The number of carbonyl (C=O) groups excluding carboxylic acids is 7. The number of hydrogen-bond acceptors (Lipinski definition) is 23. The summed E-state index contributed by atoms with van der Waals surface area (Å²) in [7, 11) is 6.90. The van der Waals surface area contributed by atoms with Crippen LogP contribution < -0.4 is 15.1 Å². The Hall–Kier alpha value is -5.95. The molecule has 30 heteroatoms. The van der Waals surface area contributed by atoms with Crippen molar-refractivity contribution in [3.8, 4) is 47.4 Å². The van der Waals surface area contributed by atoms with E-state index in [-0.39, 0.29) is 76.3 Å². The molecule has 5 aliphatic rings. The highest BCUT2D eigenvalue weighted by atomic mass is 127. The molecule has 630 valence electrons. The Morgan fingerprint density at radius 2 is 0.776 bits per heavy atom. The van der Waals surface area contributed by atoms with E-state index < -0.39 is 11.9 Å². The smallest absolute Gasteiger partial charge is 0.350 e. The number of esters is 5. The molecule has 9 heterocycles. The molecule has 2 saturated carbocycles. The number of carbonyl (C=O) groups is 8. The Balaban J connectivity index is 0.000000226. The highest BCUT2D eigenvalue weighted by molar-refractivity contribution is 14.1. The van der Waals surface area contributed by atoms with Crippen molar-refractivity contribution < 1.29 is 81.4 Å². The summed E-state index contributed by atoms with van der Waals surface area (Å²) in [6, 6.07) is 11.6. The van der Waals surface area contributed by atoms with Crippen LogP contribution in [0, 0.1) is 97.6 Å². The van der Waals surface area contributed by atoms with Gasteiger partial charge in [-0.1, -0.05) is 117 Å².